The first kappa shape index (κ1) is 11.9. The van der Waals surface area contributed by atoms with Crippen molar-refractivity contribution in [1.82, 2.24) is 10.2 Å². The number of hydrogen-bond acceptors (Lipinski definition) is 6. The standard InChI is InChI=1S/C9H18N4O2/c1-3-13(6-7-14-2)9-12-11-8(15-9)4-5-10/h3-7,10H2,1-2H3. The third-order valence-corrected chi connectivity index (χ3v) is 2.03. The molecule has 0 atom stereocenters. The van der Waals surface area contributed by atoms with E-state index in [0.29, 0.717) is 31.5 Å². The van der Waals surface area contributed by atoms with Gasteiger partial charge in [0.05, 0.1) is 6.61 Å². The maximum absolute atomic E-state index is 5.44. The van der Waals surface area contributed by atoms with Crippen molar-refractivity contribution in [3.8, 4) is 0 Å². The van der Waals surface area contributed by atoms with Gasteiger partial charge in [0.2, 0.25) is 5.89 Å². The van der Waals surface area contributed by atoms with Crippen molar-refractivity contribution in [1.29, 1.82) is 0 Å². The monoisotopic (exact) mass is 214 g/mol. The molecule has 0 aliphatic carbocycles. The third kappa shape index (κ3) is 3.49. The van der Waals surface area contributed by atoms with Crippen LogP contribution in [0.1, 0.15) is 12.8 Å². The van der Waals surface area contributed by atoms with E-state index in [1.54, 1.807) is 7.11 Å². The Hall–Kier alpha value is -1.14. The molecule has 0 saturated heterocycles. The van der Waals surface area contributed by atoms with Crippen molar-refractivity contribution < 1.29 is 9.15 Å². The average molecular weight is 214 g/mol. The van der Waals surface area contributed by atoms with E-state index in [0.717, 1.165) is 13.1 Å². The second-order valence-electron chi connectivity index (χ2n) is 3.09. The van der Waals surface area contributed by atoms with Crippen molar-refractivity contribution >= 4 is 6.01 Å². The molecule has 0 unspecified atom stereocenters. The van der Waals surface area contributed by atoms with Gasteiger partial charge in [0, 0.05) is 33.2 Å². The van der Waals surface area contributed by atoms with Gasteiger partial charge in [-0.25, -0.2) is 0 Å². The smallest absolute Gasteiger partial charge is 0.318 e. The summed E-state index contributed by atoms with van der Waals surface area (Å²) in [4.78, 5) is 1.97. The number of likely N-dealkylation sites (N-methyl/N-ethyl adjacent to an activating group) is 1. The molecular formula is C9H18N4O2. The van der Waals surface area contributed by atoms with Crippen molar-refractivity contribution in [3.63, 3.8) is 0 Å². The van der Waals surface area contributed by atoms with Crippen LogP contribution in [0.3, 0.4) is 0 Å². The summed E-state index contributed by atoms with van der Waals surface area (Å²) in [6.07, 6.45) is 0.620. The first-order chi connectivity index (χ1) is 7.31. The molecule has 0 bridgehead atoms. The van der Waals surface area contributed by atoms with Gasteiger partial charge in [0.1, 0.15) is 0 Å². The fourth-order valence-electron chi connectivity index (χ4n) is 1.19. The van der Waals surface area contributed by atoms with E-state index in [4.69, 9.17) is 14.9 Å². The van der Waals surface area contributed by atoms with Crippen molar-refractivity contribution in [3.05, 3.63) is 5.89 Å². The van der Waals surface area contributed by atoms with E-state index in [9.17, 15) is 0 Å². The van der Waals surface area contributed by atoms with Crippen LogP contribution in [-0.2, 0) is 11.2 Å². The Morgan fingerprint density at radius 1 is 1.47 bits per heavy atom. The number of hydrogen-bond donors (Lipinski definition) is 1. The Morgan fingerprint density at radius 2 is 2.27 bits per heavy atom. The fraction of sp³-hybridized carbons (Fsp3) is 0.778. The van der Waals surface area contributed by atoms with Crippen LogP contribution in [-0.4, -0.2) is 43.5 Å². The zero-order valence-corrected chi connectivity index (χ0v) is 9.27. The van der Waals surface area contributed by atoms with Crippen LogP contribution in [0, 0.1) is 0 Å². The summed E-state index contributed by atoms with van der Waals surface area (Å²) in [6, 6.07) is 0.540. The molecule has 1 aromatic heterocycles. The Labute approximate surface area is 89.4 Å². The Kier molecular flexibility index (Phi) is 5.06. The van der Waals surface area contributed by atoms with Crippen LogP contribution in [0.4, 0.5) is 6.01 Å². The van der Waals surface area contributed by atoms with Crippen LogP contribution >= 0.6 is 0 Å². The lowest BCUT2D eigenvalue weighted by molar-refractivity contribution is 0.204. The largest absolute Gasteiger partial charge is 0.408 e. The molecule has 0 aliphatic heterocycles. The van der Waals surface area contributed by atoms with E-state index in [1.807, 2.05) is 11.8 Å². The maximum atomic E-state index is 5.44. The van der Waals surface area contributed by atoms with E-state index >= 15 is 0 Å². The quantitative estimate of drug-likeness (QED) is 0.690. The highest BCUT2D eigenvalue weighted by Gasteiger charge is 2.11. The first-order valence-corrected chi connectivity index (χ1v) is 5.08. The van der Waals surface area contributed by atoms with Crippen LogP contribution < -0.4 is 10.6 Å². The zero-order chi connectivity index (χ0) is 11.1. The molecule has 0 saturated carbocycles. The second-order valence-corrected chi connectivity index (χ2v) is 3.09. The topological polar surface area (TPSA) is 77.4 Å². The molecule has 0 amide bonds. The van der Waals surface area contributed by atoms with Crippen molar-refractivity contribution in [2.75, 3.05) is 38.3 Å². The SMILES string of the molecule is CCN(CCOC)c1nnc(CCN)o1. The highest BCUT2D eigenvalue weighted by Crippen LogP contribution is 2.11. The van der Waals surface area contributed by atoms with Crippen LogP contribution in [0.2, 0.25) is 0 Å². The zero-order valence-electron chi connectivity index (χ0n) is 9.27. The minimum absolute atomic E-state index is 0.520. The number of rotatable bonds is 7. The minimum atomic E-state index is 0.520. The van der Waals surface area contributed by atoms with Gasteiger partial charge >= 0.3 is 6.01 Å². The molecule has 6 nitrogen and oxygen atoms in total. The van der Waals surface area contributed by atoms with E-state index in [2.05, 4.69) is 10.2 Å². The van der Waals surface area contributed by atoms with Crippen LogP contribution in [0.5, 0.6) is 0 Å². The molecule has 1 rings (SSSR count). The molecule has 0 radical (unpaired) electrons. The van der Waals surface area contributed by atoms with E-state index in [1.165, 1.54) is 0 Å². The van der Waals surface area contributed by atoms with Gasteiger partial charge < -0.3 is 19.8 Å². The summed E-state index contributed by atoms with van der Waals surface area (Å²) >= 11 is 0. The first-order valence-electron chi connectivity index (χ1n) is 5.08. The molecule has 1 aromatic rings. The summed E-state index contributed by atoms with van der Waals surface area (Å²) in [5, 5.41) is 7.86. The van der Waals surface area contributed by atoms with E-state index in [-0.39, 0.29) is 0 Å². The molecule has 1 heterocycles. The highest BCUT2D eigenvalue weighted by atomic mass is 16.5. The van der Waals surface area contributed by atoms with Gasteiger partial charge in [0.15, 0.2) is 0 Å². The normalized spacial score (nSPS) is 10.6. The molecule has 2 N–H and O–H groups in total. The van der Waals surface area contributed by atoms with Gasteiger partial charge in [-0.3, -0.25) is 0 Å². The van der Waals surface area contributed by atoms with Gasteiger partial charge in [-0.05, 0) is 6.92 Å². The van der Waals surface area contributed by atoms with E-state index < -0.39 is 0 Å². The Bertz CT molecular complexity index is 277. The molecule has 86 valence electrons. The van der Waals surface area contributed by atoms with Crippen LogP contribution in [0.25, 0.3) is 0 Å². The number of aromatic nitrogens is 2. The third-order valence-electron chi connectivity index (χ3n) is 2.03. The minimum Gasteiger partial charge on any atom is -0.408 e. The molecule has 0 aromatic carbocycles. The number of methoxy groups -OCH3 is 1. The summed E-state index contributed by atoms with van der Waals surface area (Å²) < 4.78 is 10.4. The molecule has 15 heavy (non-hydrogen) atoms. The average Bonchev–Trinajstić information content (AvgIpc) is 2.68. The molecule has 0 fully saturated rings. The number of nitrogens with zero attached hydrogens (tertiary/aromatic N) is 3. The summed E-state index contributed by atoms with van der Waals surface area (Å²) in [5.41, 5.74) is 5.40. The predicted molar refractivity (Wildman–Crippen MR) is 56.8 cm³/mol. The van der Waals surface area contributed by atoms with Crippen molar-refractivity contribution in [2.45, 2.75) is 13.3 Å². The van der Waals surface area contributed by atoms with Gasteiger partial charge in [-0.1, -0.05) is 5.10 Å². The molecule has 6 heteroatoms. The summed E-state index contributed by atoms with van der Waals surface area (Å²) in [6.45, 7) is 4.75. The van der Waals surface area contributed by atoms with Gasteiger partial charge in [-0.15, -0.1) is 5.10 Å². The maximum Gasteiger partial charge on any atom is 0.318 e. The Balaban J connectivity index is 2.57. The fourth-order valence-corrected chi connectivity index (χ4v) is 1.19. The summed E-state index contributed by atoms with van der Waals surface area (Å²) in [7, 11) is 1.67. The predicted octanol–water partition coefficient (Wildman–Crippen LogP) is 0.0435. The molecular weight excluding hydrogens is 196 g/mol. The van der Waals surface area contributed by atoms with Crippen LogP contribution in [0.15, 0.2) is 4.42 Å². The highest BCUT2D eigenvalue weighted by molar-refractivity contribution is 5.23. The lowest BCUT2D eigenvalue weighted by atomic mass is 10.4. The van der Waals surface area contributed by atoms with Gasteiger partial charge in [-0.2, -0.15) is 0 Å². The lowest BCUT2D eigenvalue weighted by Crippen LogP contribution is -2.27. The lowest BCUT2D eigenvalue weighted by Gasteiger charge is -2.16. The number of anilines is 1. The number of ether oxygens (including phenoxy) is 1. The van der Waals surface area contributed by atoms with Gasteiger partial charge in [0.25, 0.3) is 0 Å². The number of nitrogens with two attached hydrogens (primary N) is 1. The molecule has 0 aliphatic rings. The Morgan fingerprint density at radius 3 is 2.87 bits per heavy atom. The molecule has 0 spiro atoms. The van der Waals surface area contributed by atoms with Crippen molar-refractivity contribution in [2.24, 2.45) is 5.73 Å². The summed E-state index contributed by atoms with van der Waals surface area (Å²) in [5.74, 6) is 0.586. The second kappa shape index (κ2) is 6.36.